The molecule has 26 heavy (non-hydrogen) atoms. The summed E-state index contributed by atoms with van der Waals surface area (Å²) in [6, 6.07) is 7.41. The number of nitrogens with one attached hydrogen (secondary N) is 2. The van der Waals surface area contributed by atoms with Crippen LogP contribution < -0.4 is 5.32 Å². The van der Waals surface area contributed by atoms with Gasteiger partial charge in [0.15, 0.2) is 0 Å². The van der Waals surface area contributed by atoms with Crippen LogP contribution in [0.5, 0.6) is 5.75 Å². The zero-order chi connectivity index (χ0) is 18.6. The Morgan fingerprint density at radius 1 is 1.31 bits per heavy atom. The minimum Gasteiger partial charge on any atom is -0.508 e. The van der Waals surface area contributed by atoms with Gasteiger partial charge in [0, 0.05) is 18.3 Å². The quantitative estimate of drug-likeness (QED) is 0.595. The molecule has 0 radical (unpaired) electrons. The van der Waals surface area contributed by atoms with Crippen molar-refractivity contribution in [2.75, 3.05) is 32.8 Å². The Bertz CT molecular complexity index is 762. The maximum atomic E-state index is 12.7. The van der Waals surface area contributed by atoms with E-state index in [1.54, 1.807) is 0 Å². The Morgan fingerprint density at radius 3 is 2.77 bits per heavy atom. The molecule has 0 unspecified atom stereocenters. The molecule has 1 saturated heterocycles. The maximum Gasteiger partial charge on any atom is 0.269 e. The van der Waals surface area contributed by atoms with Crippen LogP contribution in [-0.4, -0.2) is 75.6 Å². The first-order valence-electron chi connectivity index (χ1n) is 8.13. The number of carbonyl (C=O) groups is 2. The lowest BCUT2D eigenvalue weighted by Crippen LogP contribution is -2.53. The van der Waals surface area contributed by atoms with Crippen molar-refractivity contribution < 1.29 is 24.5 Å². The summed E-state index contributed by atoms with van der Waals surface area (Å²) in [6.45, 7) is 0.521. The van der Waals surface area contributed by atoms with Gasteiger partial charge in [-0.25, -0.2) is 0 Å². The van der Waals surface area contributed by atoms with Crippen LogP contribution in [0, 0.1) is 0 Å². The van der Waals surface area contributed by atoms with Gasteiger partial charge in [0.05, 0.1) is 26.3 Å². The van der Waals surface area contributed by atoms with Crippen molar-refractivity contribution in [1.82, 2.24) is 20.4 Å². The van der Waals surface area contributed by atoms with Crippen molar-refractivity contribution in [3.8, 4) is 5.75 Å². The summed E-state index contributed by atoms with van der Waals surface area (Å²) >= 11 is 0. The number of β-amino-alcohol motifs (C(OH)–C–C–N with tert-alkyl or cyclic N) is 1. The SMILES string of the molecule is O=C(NC[C@]1(O)COCCN(C(=O)c2ccc(O)cc2)C1)c1ccn[nH]1. The number of ether oxygens (including phenoxy) is 1. The summed E-state index contributed by atoms with van der Waals surface area (Å²) in [5.41, 5.74) is -0.743. The molecule has 1 aliphatic rings. The fraction of sp³-hybridized carbons (Fsp3) is 0.353. The second kappa shape index (κ2) is 7.54. The Morgan fingerprint density at radius 2 is 2.08 bits per heavy atom. The van der Waals surface area contributed by atoms with Crippen molar-refractivity contribution in [1.29, 1.82) is 0 Å². The molecule has 0 bridgehead atoms. The molecule has 2 aromatic rings. The van der Waals surface area contributed by atoms with Gasteiger partial charge in [-0.2, -0.15) is 5.10 Å². The highest BCUT2D eigenvalue weighted by atomic mass is 16.5. The van der Waals surface area contributed by atoms with E-state index >= 15 is 0 Å². The Labute approximate surface area is 149 Å². The second-order valence-electron chi connectivity index (χ2n) is 6.20. The number of H-pyrrole nitrogens is 1. The van der Waals surface area contributed by atoms with Crippen LogP contribution in [0.4, 0.5) is 0 Å². The van der Waals surface area contributed by atoms with Gasteiger partial charge in [-0.15, -0.1) is 0 Å². The number of phenols is 1. The topological polar surface area (TPSA) is 128 Å². The fourth-order valence-corrected chi connectivity index (χ4v) is 2.71. The van der Waals surface area contributed by atoms with Gasteiger partial charge in [0.25, 0.3) is 11.8 Å². The highest BCUT2D eigenvalue weighted by Gasteiger charge is 2.35. The lowest BCUT2D eigenvalue weighted by molar-refractivity contribution is -0.0324. The molecule has 1 aromatic heterocycles. The molecule has 2 amide bonds. The Balaban J connectivity index is 1.66. The number of aromatic hydroxyl groups is 1. The molecule has 1 fully saturated rings. The van der Waals surface area contributed by atoms with Crippen molar-refractivity contribution >= 4 is 11.8 Å². The van der Waals surface area contributed by atoms with Crippen molar-refractivity contribution in [3.63, 3.8) is 0 Å². The average Bonchev–Trinajstić information content (AvgIpc) is 3.10. The highest BCUT2D eigenvalue weighted by Crippen LogP contribution is 2.17. The van der Waals surface area contributed by atoms with Crippen molar-refractivity contribution in [3.05, 3.63) is 47.8 Å². The molecular weight excluding hydrogens is 340 g/mol. The number of phenolic OH excluding ortho intramolecular Hbond substituents is 1. The number of aliphatic hydroxyl groups is 1. The van der Waals surface area contributed by atoms with Crippen LogP contribution in [0.25, 0.3) is 0 Å². The highest BCUT2D eigenvalue weighted by molar-refractivity contribution is 5.94. The van der Waals surface area contributed by atoms with E-state index in [9.17, 15) is 19.8 Å². The predicted molar refractivity (Wildman–Crippen MR) is 90.7 cm³/mol. The van der Waals surface area contributed by atoms with Gasteiger partial charge in [0.2, 0.25) is 0 Å². The molecule has 0 spiro atoms. The summed E-state index contributed by atoms with van der Waals surface area (Å²) in [5.74, 6) is -0.621. The zero-order valence-corrected chi connectivity index (χ0v) is 14.0. The van der Waals surface area contributed by atoms with E-state index in [4.69, 9.17) is 4.74 Å². The van der Waals surface area contributed by atoms with Crippen LogP contribution in [0.3, 0.4) is 0 Å². The molecule has 4 N–H and O–H groups in total. The summed E-state index contributed by atoms with van der Waals surface area (Å²) in [7, 11) is 0. The molecule has 1 atom stereocenters. The van der Waals surface area contributed by atoms with Crippen molar-refractivity contribution in [2.24, 2.45) is 0 Å². The lowest BCUT2D eigenvalue weighted by Gasteiger charge is -2.31. The van der Waals surface area contributed by atoms with Gasteiger partial charge >= 0.3 is 0 Å². The van der Waals surface area contributed by atoms with Gasteiger partial charge in [-0.1, -0.05) is 0 Å². The first-order valence-corrected chi connectivity index (χ1v) is 8.13. The molecule has 3 rings (SSSR count). The molecule has 9 nitrogen and oxygen atoms in total. The number of nitrogens with zero attached hydrogens (tertiary/aromatic N) is 2. The van der Waals surface area contributed by atoms with E-state index in [-0.39, 0.29) is 43.7 Å². The summed E-state index contributed by atoms with van der Waals surface area (Å²) in [5, 5.41) is 29.0. The first kappa shape index (κ1) is 17.9. The van der Waals surface area contributed by atoms with E-state index in [1.165, 1.54) is 41.4 Å². The van der Waals surface area contributed by atoms with E-state index in [0.717, 1.165) is 0 Å². The Kier molecular flexibility index (Phi) is 5.19. The predicted octanol–water partition coefficient (Wildman–Crippen LogP) is -0.251. The number of aromatic nitrogens is 2. The third-order valence-electron chi connectivity index (χ3n) is 4.09. The van der Waals surface area contributed by atoms with E-state index in [0.29, 0.717) is 12.1 Å². The van der Waals surface area contributed by atoms with Gasteiger partial charge in [-0.3, -0.25) is 14.7 Å². The molecular formula is C17H20N4O5. The minimum atomic E-state index is -1.42. The van der Waals surface area contributed by atoms with Crippen LogP contribution in [-0.2, 0) is 4.74 Å². The Hall–Kier alpha value is -2.91. The van der Waals surface area contributed by atoms with Gasteiger partial charge < -0.3 is 25.2 Å². The van der Waals surface area contributed by atoms with Gasteiger partial charge in [0.1, 0.15) is 17.0 Å². The fourth-order valence-electron chi connectivity index (χ4n) is 2.71. The van der Waals surface area contributed by atoms with E-state index in [1.807, 2.05) is 0 Å². The third-order valence-corrected chi connectivity index (χ3v) is 4.09. The van der Waals surface area contributed by atoms with Crippen molar-refractivity contribution in [2.45, 2.75) is 5.60 Å². The number of hydrogen-bond acceptors (Lipinski definition) is 6. The maximum absolute atomic E-state index is 12.7. The van der Waals surface area contributed by atoms with E-state index in [2.05, 4.69) is 15.5 Å². The number of rotatable bonds is 4. The van der Waals surface area contributed by atoms with E-state index < -0.39 is 11.5 Å². The van der Waals surface area contributed by atoms with Crippen LogP contribution in [0.2, 0.25) is 0 Å². The van der Waals surface area contributed by atoms with Crippen LogP contribution >= 0.6 is 0 Å². The molecule has 0 saturated carbocycles. The van der Waals surface area contributed by atoms with Crippen LogP contribution in [0.15, 0.2) is 36.5 Å². The molecule has 0 aliphatic carbocycles. The molecule has 1 aromatic carbocycles. The summed E-state index contributed by atoms with van der Waals surface area (Å²) in [6.07, 6.45) is 1.45. The molecule has 2 heterocycles. The largest absolute Gasteiger partial charge is 0.508 e. The smallest absolute Gasteiger partial charge is 0.269 e. The number of carbonyl (C=O) groups excluding carboxylic acids is 2. The second-order valence-corrected chi connectivity index (χ2v) is 6.20. The molecule has 9 heteroatoms. The first-order chi connectivity index (χ1) is 12.5. The standard InChI is InChI=1S/C17H20N4O5/c22-13-3-1-12(2-4-13)16(24)21-7-8-26-11-17(25,10-21)9-18-15(23)14-5-6-19-20-14/h1-6,22,25H,7-11H2,(H,18,23)(H,19,20)/t17-/m1/s1. The summed E-state index contributed by atoms with van der Waals surface area (Å²) < 4.78 is 5.41. The molecule has 138 valence electrons. The molecule has 1 aliphatic heterocycles. The normalized spacial score (nSPS) is 20.4. The summed E-state index contributed by atoms with van der Waals surface area (Å²) in [4.78, 5) is 26.1. The number of aromatic amines is 1. The lowest BCUT2D eigenvalue weighted by atomic mass is 10.0. The third kappa shape index (κ3) is 4.19. The number of benzene rings is 1. The zero-order valence-electron chi connectivity index (χ0n) is 14.0. The monoisotopic (exact) mass is 360 g/mol. The minimum absolute atomic E-state index is 0.00435. The van der Waals surface area contributed by atoms with Crippen LogP contribution in [0.1, 0.15) is 20.8 Å². The van der Waals surface area contributed by atoms with Gasteiger partial charge in [-0.05, 0) is 30.3 Å². The average molecular weight is 360 g/mol. The number of hydrogen-bond donors (Lipinski definition) is 4. The number of amides is 2.